The van der Waals surface area contributed by atoms with Gasteiger partial charge in [0.25, 0.3) is 11.8 Å². The third-order valence-electron chi connectivity index (χ3n) is 6.83. The second kappa shape index (κ2) is 9.04. The van der Waals surface area contributed by atoms with Crippen molar-refractivity contribution in [2.24, 2.45) is 7.05 Å². The molecular weight excluding hydrogens is 490 g/mol. The van der Waals surface area contributed by atoms with E-state index in [1.54, 1.807) is 9.90 Å². The molecule has 1 aliphatic rings. The van der Waals surface area contributed by atoms with E-state index in [1.165, 1.54) is 11.3 Å². The summed E-state index contributed by atoms with van der Waals surface area (Å²) in [6, 6.07) is 9.56. The fourth-order valence-corrected chi connectivity index (χ4v) is 5.73. The molecule has 188 valence electrons. The molecule has 0 spiro atoms. The number of hydrogen-bond donors (Lipinski definition) is 1. The second-order valence-corrected chi connectivity index (χ2v) is 10.2. The number of piperidine rings is 1. The van der Waals surface area contributed by atoms with Crippen molar-refractivity contribution >= 4 is 45.8 Å². The number of aryl methyl sites for hydroxylation is 3. The van der Waals surface area contributed by atoms with Crippen LogP contribution >= 0.6 is 11.3 Å². The van der Waals surface area contributed by atoms with Gasteiger partial charge in [-0.3, -0.25) is 14.9 Å². The highest BCUT2D eigenvalue weighted by Crippen LogP contribution is 2.31. The normalized spacial score (nSPS) is 14.5. The van der Waals surface area contributed by atoms with Crippen LogP contribution in [0.1, 0.15) is 56.1 Å². The lowest BCUT2D eigenvalue weighted by Crippen LogP contribution is -2.39. The van der Waals surface area contributed by atoms with Crippen LogP contribution in [0.2, 0.25) is 0 Å². The van der Waals surface area contributed by atoms with E-state index in [2.05, 4.69) is 30.6 Å². The highest BCUT2D eigenvalue weighted by atomic mass is 32.1. The molecule has 12 heteroatoms. The van der Waals surface area contributed by atoms with E-state index in [9.17, 15) is 9.59 Å². The van der Waals surface area contributed by atoms with Crippen LogP contribution in [-0.2, 0) is 7.05 Å². The number of nitrogens with one attached hydrogen (secondary N) is 1. The van der Waals surface area contributed by atoms with Crippen LogP contribution in [0, 0.1) is 13.8 Å². The summed E-state index contributed by atoms with van der Waals surface area (Å²) in [4.78, 5) is 37.0. The Bertz CT molecular complexity index is 1660. The minimum Gasteiger partial charge on any atom is -0.337 e. The molecule has 5 aromatic rings. The summed E-state index contributed by atoms with van der Waals surface area (Å²) in [6.07, 6.45) is 1.53. The molecule has 0 bridgehead atoms. The van der Waals surface area contributed by atoms with Gasteiger partial charge >= 0.3 is 0 Å². The third-order valence-corrected chi connectivity index (χ3v) is 7.83. The topological polar surface area (TPSA) is 123 Å². The summed E-state index contributed by atoms with van der Waals surface area (Å²) >= 11 is 1.48. The standard InChI is InChI=1S/C25H25N9O2S/c1-14-12-20-29-30-21(15(2)34(20)31-14)24(36)33-10-8-16(9-11-33)23-26-18(13-37-23)22(35)28-25-27-17-6-4-5-7-19(17)32(25)3/h4-7,12-13,16H,8-11H2,1-3H3,(H,27,28,35). The average molecular weight is 516 g/mol. The number of fused-ring (bicyclic) bond motifs is 2. The van der Waals surface area contributed by atoms with Crippen molar-refractivity contribution in [3.05, 3.63) is 63.5 Å². The molecule has 6 rings (SSSR count). The van der Waals surface area contributed by atoms with Gasteiger partial charge in [0.2, 0.25) is 5.95 Å². The third kappa shape index (κ3) is 4.12. The van der Waals surface area contributed by atoms with E-state index >= 15 is 0 Å². The van der Waals surface area contributed by atoms with Crippen LogP contribution in [0.25, 0.3) is 16.7 Å². The van der Waals surface area contributed by atoms with Gasteiger partial charge in [-0.1, -0.05) is 12.1 Å². The largest absolute Gasteiger partial charge is 0.337 e. The van der Waals surface area contributed by atoms with Crippen LogP contribution in [-0.4, -0.2) is 64.2 Å². The maximum Gasteiger partial charge on any atom is 0.277 e. The number of likely N-dealkylation sites (tertiary alicyclic amines) is 1. The van der Waals surface area contributed by atoms with Gasteiger partial charge in [-0.05, 0) is 38.8 Å². The molecule has 0 atom stereocenters. The summed E-state index contributed by atoms with van der Waals surface area (Å²) in [7, 11) is 1.87. The summed E-state index contributed by atoms with van der Waals surface area (Å²) in [5, 5.41) is 18.3. The van der Waals surface area contributed by atoms with E-state index in [4.69, 9.17) is 0 Å². The van der Waals surface area contributed by atoms with Gasteiger partial charge in [0.1, 0.15) is 5.69 Å². The number of thiazole rings is 1. The number of carbonyl (C=O) groups is 2. The highest BCUT2D eigenvalue weighted by Gasteiger charge is 2.29. The van der Waals surface area contributed by atoms with E-state index in [0.717, 1.165) is 34.6 Å². The zero-order valence-corrected chi connectivity index (χ0v) is 21.5. The van der Waals surface area contributed by atoms with E-state index in [-0.39, 0.29) is 17.7 Å². The molecule has 5 heterocycles. The Hall–Kier alpha value is -4.19. The van der Waals surface area contributed by atoms with E-state index < -0.39 is 0 Å². The Balaban J connectivity index is 1.11. The Morgan fingerprint density at radius 2 is 1.86 bits per heavy atom. The Kier molecular flexibility index (Phi) is 5.67. The average Bonchev–Trinajstić information content (AvgIpc) is 3.62. The molecule has 0 radical (unpaired) electrons. The van der Waals surface area contributed by atoms with Crippen molar-refractivity contribution in [2.75, 3.05) is 18.4 Å². The lowest BCUT2D eigenvalue weighted by Gasteiger charge is -2.31. The van der Waals surface area contributed by atoms with Crippen molar-refractivity contribution in [2.45, 2.75) is 32.6 Å². The Morgan fingerprint density at radius 3 is 2.65 bits per heavy atom. The number of carbonyl (C=O) groups excluding carboxylic acids is 2. The van der Waals surface area contributed by atoms with Crippen LogP contribution in [0.15, 0.2) is 35.7 Å². The monoisotopic (exact) mass is 515 g/mol. The van der Waals surface area contributed by atoms with Gasteiger partial charge in [0.05, 0.1) is 27.4 Å². The predicted molar refractivity (Wildman–Crippen MR) is 139 cm³/mol. The summed E-state index contributed by atoms with van der Waals surface area (Å²) < 4.78 is 3.52. The quantitative estimate of drug-likeness (QED) is 0.389. The molecule has 11 nitrogen and oxygen atoms in total. The van der Waals surface area contributed by atoms with E-state index in [1.807, 2.05) is 60.7 Å². The zero-order valence-electron chi connectivity index (χ0n) is 20.7. The van der Waals surface area contributed by atoms with Crippen LogP contribution < -0.4 is 5.32 Å². The molecule has 1 fully saturated rings. The molecule has 1 aromatic carbocycles. The Morgan fingerprint density at radius 1 is 1.08 bits per heavy atom. The number of nitrogens with zero attached hydrogens (tertiary/aromatic N) is 8. The number of rotatable bonds is 4. The summed E-state index contributed by atoms with van der Waals surface area (Å²) in [5.41, 5.74) is 4.60. The van der Waals surface area contributed by atoms with Crippen molar-refractivity contribution < 1.29 is 9.59 Å². The van der Waals surface area contributed by atoms with Gasteiger partial charge in [0, 0.05) is 37.5 Å². The minimum atomic E-state index is -0.285. The molecule has 0 unspecified atom stereocenters. The molecular formula is C25H25N9O2S. The molecule has 0 saturated carbocycles. The fraction of sp³-hybridized carbons (Fsp3) is 0.320. The van der Waals surface area contributed by atoms with Crippen LogP contribution in [0.3, 0.4) is 0 Å². The van der Waals surface area contributed by atoms with Gasteiger partial charge in [0.15, 0.2) is 11.3 Å². The number of benzene rings is 1. The number of imidazole rings is 1. The first-order valence-corrected chi connectivity index (χ1v) is 12.9. The van der Waals surface area contributed by atoms with Gasteiger partial charge in [-0.25, -0.2) is 14.5 Å². The SMILES string of the molecule is Cc1cc2nnc(C(=O)N3CCC(c4nc(C(=O)Nc5nc6ccccc6n5C)cs4)CC3)c(C)n2n1. The molecule has 1 N–H and O–H groups in total. The van der Waals surface area contributed by atoms with Crippen molar-refractivity contribution in [1.29, 1.82) is 0 Å². The van der Waals surface area contributed by atoms with Crippen molar-refractivity contribution in [3.8, 4) is 0 Å². The maximum atomic E-state index is 13.2. The highest BCUT2D eigenvalue weighted by molar-refractivity contribution is 7.10. The number of para-hydroxylation sites is 2. The van der Waals surface area contributed by atoms with Crippen LogP contribution in [0.4, 0.5) is 5.95 Å². The number of hydrogen-bond acceptors (Lipinski definition) is 8. The summed E-state index contributed by atoms with van der Waals surface area (Å²) in [5.74, 6) is 0.246. The maximum absolute atomic E-state index is 13.2. The molecule has 0 aliphatic carbocycles. The lowest BCUT2D eigenvalue weighted by atomic mass is 9.97. The van der Waals surface area contributed by atoms with Gasteiger partial charge in [-0.15, -0.1) is 21.5 Å². The molecule has 1 saturated heterocycles. The molecule has 1 aliphatic heterocycles. The predicted octanol–water partition coefficient (Wildman–Crippen LogP) is 3.36. The minimum absolute atomic E-state index is 0.139. The first kappa shape index (κ1) is 23.2. The number of amides is 2. The number of anilines is 1. The zero-order chi connectivity index (χ0) is 25.7. The Labute approximate surface area is 216 Å². The molecule has 37 heavy (non-hydrogen) atoms. The van der Waals surface area contributed by atoms with Crippen LogP contribution in [0.5, 0.6) is 0 Å². The fourth-order valence-electron chi connectivity index (χ4n) is 4.76. The smallest absolute Gasteiger partial charge is 0.277 e. The number of aromatic nitrogens is 7. The lowest BCUT2D eigenvalue weighted by molar-refractivity contribution is 0.0704. The first-order valence-electron chi connectivity index (χ1n) is 12.1. The second-order valence-electron chi connectivity index (χ2n) is 9.26. The van der Waals surface area contributed by atoms with E-state index in [0.29, 0.717) is 41.8 Å². The first-order chi connectivity index (χ1) is 17.9. The molecule has 2 amide bonds. The van der Waals surface area contributed by atoms with Gasteiger partial charge in [-0.2, -0.15) is 5.10 Å². The van der Waals surface area contributed by atoms with Crippen molar-refractivity contribution in [3.63, 3.8) is 0 Å². The summed E-state index contributed by atoms with van der Waals surface area (Å²) in [6.45, 7) is 4.89. The van der Waals surface area contributed by atoms with Gasteiger partial charge < -0.3 is 9.47 Å². The molecule has 4 aromatic heterocycles. The van der Waals surface area contributed by atoms with Crippen molar-refractivity contribution in [1.82, 2.24) is 39.2 Å².